The lowest BCUT2D eigenvalue weighted by molar-refractivity contribution is 0.868. The monoisotopic (exact) mass is 226 g/mol. The van der Waals surface area contributed by atoms with Crippen LogP contribution in [0.3, 0.4) is 0 Å². The molecule has 0 fully saturated rings. The molecule has 0 aliphatic rings. The van der Waals surface area contributed by atoms with Crippen LogP contribution in [-0.2, 0) is 0 Å². The Morgan fingerprint density at radius 3 is 2.88 bits per heavy atom. The maximum Gasteiger partial charge on any atom is 0.206 e. The second-order valence-corrected chi connectivity index (χ2v) is 4.52. The minimum absolute atomic E-state index is 0.478. The predicted octanol–water partition coefficient (Wildman–Crippen LogP) is 2.59. The first kappa shape index (κ1) is 10.1. The lowest BCUT2D eigenvalue weighted by Crippen LogP contribution is -2.01. The number of aromatic nitrogens is 3. The van der Waals surface area contributed by atoms with E-state index in [2.05, 4.69) is 42.0 Å². The SMILES string of the molecule is CC(C)c1ccc2c(c1)nc(N)n1ccnc21. The molecule has 1 aromatic carbocycles. The Balaban J connectivity index is 2.41. The minimum atomic E-state index is 0.478. The molecule has 0 aliphatic heterocycles. The molecule has 4 heteroatoms. The second kappa shape index (κ2) is 3.45. The molecule has 0 bridgehead atoms. The van der Waals surface area contributed by atoms with Crippen LogP contribution in [-0.4, -0.2) is 14.4 Å². The lowest BCUT2D eigenvalue weighted by atomic mass is 10.0. The zero-order valence-electron chi connectivity index (χ0n) is 9.88. The molecule has 0 unspecified atom stereocenters. The molecule has 86 valence electrons. The Labute approximate surface area is 99.1 Å². The summed E-state index contributed by atoms with van der Waals surface area (Å²) < 4.78 is 1.80. The van der Waals surface area contributed by atoms with Gasteiger partial charge in [0, 0.05) is 17.8 Å². The molecule has 0 saturated carbocycles. The summed E-state index contributed by atoms with van der Waals surface area (Å²) in [6.45, 7) is 4.33. The van der Waals surface area contributed by atoms with Gasteiger partial charge in [-0.2, -0.15) is 0 Å². The molecule has 2 N–H and O–H groups in total. The van der Waals surface area contributed by atoms with Gasteiger partial charge < -0.3 is 5.73 Å². The highest BCUT2D eigenvalue weighted by molar-refractivity contribution is 5.92. The van der Waals surface area contributed by atoms with Crippen LogP contribution in [0, 0.1) is 0 Å². The van der Waals surface area contributed by atoms with Gasteiger partial charge in [-0.05, 0) is 23.6 Å². The van der Waals surface area contributed by atoms with E-state index in [1.807, 2.05) is 6.20 Å². The van der Waals surface area contributed by atoms with E-state index < -0.39 is 0 Å². The molecule has 3 aromatic rings. The molecule has 4 nitrogen and oxygen atoms in total. The van der Waals surface area contributed by atoms with Crippen molar-refractivity contribution in [3.8, 4) is 0 Å². The molecular formula is C13H14N4. The maximum atomic E-state index is 5.90. The van der Waals surface area contributed by atoms with Gasteiger partial charge in [0.25, 0.3) is 0 Å². The first-order chi connectivity index (χ1) is 8.16. The van der Waals surface area contributed by atoms with Crippen molar-refractivity contribution in [1.82, 2.24) is 14.4 Å². The Hall–Kier alpha value is -2.10. The molecule has 0 amide bonds. The highest BCUT2D eigenvalue weighted by Gasteiger charge is 2.08. The van der Waals surface area contributed by atoms with E-state index in [9.17, 15) is 0 Å². The fourth-order valence-electron chi connectivity index (χ4n) is 2.05. The number of nitrogens with zero attached hydrogens (tertiary/aromatic N) is 3. The van der Waals surface area contributed by atoms with E-state index in [0.29, 0.717) is 11.9 Å². The normalized spacial score (nSPS) is 11.7. The van der Waals surface area contributed by atoms with Gasteiger partial charge in [0.2, 0.25) is 5.95 Å². The van der Waals surface area contributed by atoms with E-state index in [1.165, 1.54) is 5.56 Å². The lowest BCUT2D eigenvalue weighted by Gasteiger charge is -2.08. The Morgan fingerprint density at radius 1 is 1.29 bits per heavy atom. The van der Waals surface area contributed by atoms with Crippen molar-refractivity contribution in [3.63, 3.8) is 0 Å². The topological polar surface area (TPSA) is 56.2 Å². The Morgan fingerprint density at radius 2 is 2.12 bits per heavy atom. The Kier molecular flexibility index (Phi) is 2.04. The maximum absolute atomic E-state index is 5.90. The molecule has 2 aromatic heterocycles. The summed E-state index contributed by atoms with van der Waals surface area (Å²) in [7, 11) is 0. The minimum Gasteiger partial charge on any atom is -0.369 e. The van der Waals surface area contributed by atoms with E-state index in [0.717, 1.165) is 16.6 Å². The first-order valence-electron chi connectivity index (χ1n) is 5.69. The van der Waals surface area contributed by atoms with Gasteiger partial charge >= 0.3 is 0 Å². The fourth-order valence-corrected chi connectivity index (χ4v) is 2.05. The van der Waals surface area contributed by atoms with Crippen molar-refractivity contribution < 1.29 is 0 Å². The number of hydrogen-bond donors (Lipinski definition) is 1. The highest BCUT2D eigenvalue weighted by Crippen LogP contribution is 2.23. The molecule has 0 radical (unpaired) electrons. The number of imidazole rings is 1. The van der Waals surface area contributed by atoms with Gasteiger partial charge in [-0.15, -0.1) is 0 Å². The van der Waals surface area contributed by atoms with Crippen molar-refractivity contribution in [3.05, 3.63) is 36.2 Å². The van der Waals surface area contributed by atoms with Gasteiger partial charge in [0.15, 0.2) is 0 Å². The number of fused-ring (bicyclic) bond motifs is 3. The number of benzene rings is 1. The average molecular weight is 226 g/mol. The quantitative estimate of drug-likeness (QED) is 0.693. The smallest absolute Gasteiger partial charge is 0.206 e. The largest absolute Gasteiger partial charge is 0.369 e. The summed E-state index contributed by atoms with van der Waals surface area (Å²) in [5.41, 5.74) is 8.94. The van der Waals surface area contributed by atoms with Crippen LogP contribution in [0.4, 0.5) is 5.95 Å². The van der Waals surface area contributed by atoms with Crippen LogP contribution < -0.4 is 5.73 Å². The van der Waals surface area contributed by atoms with Crippen LogP contribution in [0.2, 0.25) is 0 Å². The van der Waals surface area contributed by atoms with Gasteiger partial charge in [-0.3, -0.25) is 4.40 Å². The van der Waals surface area contributed by atoms with Gasteiger partial charge in [0.05, 0.1) is 5.52 Å². The van der Waals surface area contributed by atoms with Crippen molar-refractivity contribution in [1.29, 1.82) is 0 Å². The summed E-state index contributed by atoms with van der Waals surface area (Å²) in [5.74, 6) is 0.962. The number of rotatable bonds is 1. The molecule has 0 aliphatic carbocycles. The highest BCUT2D eigenvalue weighted by atomic mass is 15.1. The van der Waals surface area contributed by atoms with Crippen LogP contribution in [0.15, 0.2) is 30.6 Å². The first-order valence-corrected chi connectivity index (χ1v) is 5.69. The summed E-state index contributed by atoms with van der Waals surface area (Å²) >= 11 is 0. The number of nitrogen functional groups attached to an aromatic ring is 1. The van der Waals surface area contributed by atoms with Crippen molar-refractivity contribution in [2.75, 3.05) is 5.73 Å². The van der Waals surface area contributed by atoms with Crippen LogP contribution in [0.5, 0.6) is 0 Å². The van der Waals surface area contributed by atoms with Gasteiger partial charge in [-0.1, -0.05) is 19.9 Å². The van der Waals surface area contributed by atoms with E-state index in [-0.39, 0.29) is 0 Å². The molecule has 0 atom stereocenters. The number of hydrogen-bond acceptors (Lipinski definition) is 3. The van der Waals surface area contributed by atoms with Crippen LogP contribution >= 0.6 is 0 Å². The third kappa shape index (κ3) is 1.45. The zero-order chi connectivity index (χ0) is 12.0. The van der Waals surface area contributed by atoms with E-state index in [4.69, 9.17) is 5.73 Å². The summed E-state index contributed by atoms with van der Waals surface area (Å²) in [4.78, 5) is 8.74. The average Bonchev–Trinajstić information content (AvgIpc) is 2.78. The van der Waals surface area contributed by atoms with Crippen LogP contribution in [0.1, 0.15) is 25.3 Å². The Bertz CT molecular complexity index is 697. The van der Waals surface area contributed by atoms with Gasteiger partial charge in [-0.25, -0.2) is 9.97 Å². The molecule has 0 saturated heterocycles. The molecule has 0 spiro atoms. The summed E-state index contributed by atoms with van der Waals surface area (Å²) in [6, 6.07) is 6.28. The fraction of sp³-hybridized carbons (Fsp3) is 0.231. The molecule has 17 heavy (non-hydrogen) atoms. The molecule has 2 heterocycles. The number of anilines is 1. The van der Waals surface area contributed by atoms with Gasteiger partial charge in [0.1, 0.15) is 5.65 Å². The molecule has 3 rings (SSSR count). The second-order valence-electron chi connectivity index (χ2n) is 4.52. The van der Waals surface area contributed by atoms with E-state index in [1.54, 1.807) is 10.6 Å². The van der Waals surface area contributed by atoms with Crippen LogP contribution in [0.25, 0.3) is 16.6 Å². The van der Waals surface area contributed by atoms with Crippen molar-refractivity contribution >= 4 is 22.5 Å². The third-order valence-corrected chi connectivity index (χ3v) is 3.05. The summed E-state index contributed by atoms with van der Waals surface area (Å²) in [6.07, 6.45) is 3.57. The number of nitrogens with two attached hydrogens (primary N) is 1. The molecular weight excluding hydrogens is 212 g/mol. The summed E-state index contributed by atoms with van der Waals surface area (Å²) in [5, 5.41) is 1.04. The van der Waals surface area contributed by atoms with Crippen molar-refractivity contribution in [2.45, 2.75) is 19.8 Å². The zero-order valence-corrected chi connectivity index (χ0v) is 9.88. The van der Waals surface area contributed by atoms with Crippen molar-refractivity contribution in [2.24, 2.45) is 0 Å². The standard InChI is InChI=1S/C13H14N4/c1-8(2)9-3-4-10-11(7-9)16-13(14)17-6-5-15-12(10)17/h3-8H,1-2H3,(H2,14,16). The predicted molar refractivity (Wildman–Crippen MR) is 69.0 cm³/mol. The third-order valence-electron chi connectivity index (χ3n) is 3.05. The van der Waals surface area contributed by atoms with E-state index >= 15 is 0 Å².